The summed E-state index contributed by atoms with van der Waals surface area (Å²) in [6.07, 6.45) is 3.41. The van der Waals surface area contributed by atoms with Gasteiger partial charge in [-0.2, -0.15) is 0 Å². The molecule has 0 spiro atoms. The molecule has 0 aliphatic rings. The summed E-state index contributed by atoms with van der Waals surface area (Å²) in [6, 6.07) is 52.9. The highest BCUT2D eigenvalue weighted by Crippen LogP contribution is 2.56. The van der Waals surface area contributed by atoms with Crippen molar-refractivity contribution in [2.24, 2.45) is 0 Å². The van der Waals surface area contributed by atoms with Crippen molar-refractivity contribution in [2.45, 2.75) is 0 Å². The Morgan fingerprint density at radius 2 is 0.809 bits per heavy atom. The number of hydrogen-bond donors (Lipinski definition) is 0. The summed E-state index contributed by atoms with van der Waals surface area (Å²) in [6.45, 7) is 0. The maximum Gasteiger partial charge on any atom is 0.321 e. The van der Waals surface area contributed by atoms with Gasteiger partial charge in [-0.1, -0.05) is 109 Å². The fraction of sp³-hybridized carbons (Fsp3) is 0. The van der Waals surface area contributed by atoms with E-state index in [1.165, 1.54) is 0 Å². The third-order valence-electron chi connectivity index (χ3n) is 8.82. The van der Waals surface area contributed by atoms with Gasteiger partial charge in [-0.15, -0.1) is 0 Å². The molecule has 224 valence electrons. The highest BCUT2D eigenvalue weighted by atomic mass is 31.2. The van der Waals surface area contributed by atoms with Crippen LogP contribution >= 0.6 is 7.44 Å². The summed E-state index contributed by atoms with van der Waals surface area (Å²) < 4.78 is 20.9. The molecule has 9 rings (SSSR count). The van der Waals surface area contributed by atoms with Crippen LogP contribution in [0.15, 0.2) is 170 Å². The van der Waals surface area contributed by atoms with Crippen LogP contribution in [0.4, 0.5) is 17.2 Å². The Morgan fingerprint density at radius 3 is 1.21 bits per heavy atom. The molecule has 0 N–H and O–H groups in total. The van der Waals surface area contributed by atoms with Crippen LogP contribution in [0.3, 0.4) is 0 Å². The second-order valence-electron chi connectivity index (χ2n) is 11.5. The molecule has 6 aromatic carbocycles. The Hall–Kier alpha value is -5.97. The molecule has 0 amide bonds. The molecule has 0 aliphatic heterocycles. The van der Waals surface area contributed by atoms with E-state index in [0.717, 1.165) is 55.0 Å². The molecule has 0 saturated heterocycles. The van der Waals surface area contributed by atoms with Gasteiger partial charge in [0.15, 0.2) is 11.3 Å². The lowest BCUT2D eigenvalue weighted by molar-refractivity contribution is 0.572. The first-order valence-electron chi connectivity index (χ1n) is 15.5. The van der Waals surface area contributed by atoms with E-state index in [0.29, 0.717) is 11.3 Å². The molecular formula is C40H28N5OP. The van der Waals surface area contributed by atoms with E-state index in [1.807, 2.05) is 142 Å². The summed E-state index contributed by atoms with van der Waals surface area (Å²) in [4.78, 5) is 12.1. The molecular weight excluding hydrogens is 597 g/mol. The van der Waals surface area contributed by atoms with Gasteiger partial charge in [-0.05, 0) is 48.5 Å². The van der Waals surface area contributed by atoms with Gasteiger partial charge in [-0.3, -0.25) is 23.1 Å². The van der Waals surface area contributed by atoms with Crippen molar-refractivity contribution < 1.29 is 4.57 Å². The molecule has 9 aromatic rings. The van der Waals surface area contributed by atoms with E-state index in [1.54, 1.807) is 12.4 Å². The maximum absolute atomic E-state index is 16.8. The molecule has 47 heavy (non-hydrogen) atoms. The average molecular weight is 626 g/mol. The summed E-state index contributed by atoms with van der Waals surface area (Å²) in [5.41, 5.74) is 5.71. The van der Waals surface area contributed by atoms with E-state index in [-0.39, 0.29) is 0 Å². The van der Waals surface area contributed by atoms with E-state index in [4.69, 9.17) is 9.97 Å². The average Bonchev–Trinajstić information content (AvgIpc) is 3.67. The molecule has 0 radical (unpaired) electrons. The Labute approximate surface area is 271 Å². The first kappa shape index (κ1) is 27.3. The second kappa shape index (κ2) is 10.8. The van der Waals surface area contributed by atoms with Crippen LogP contribution in [0.5, 0.6) is 0 Å². The minimum atomic E-state index is -3.88. The summed E-state index contributed by atoms with van der Waals surface area (Å²) in [5, 5.41) is 4.12. The number of benzene rings is 6. The number of fused-ring (bicyclic) bond motifs is 6. The molecule has 0 unspecified atom stereocenters. The van der Waals surface area contributed by atoms with Crippen LogP contribution in [0, 0.1) is 0 Å². The van der Waals surface area contributed by atoms with Crippen LogP contribution in [0.25, 0.3) is 43.6 Å². The molecule has 0 bridgehead atoms. The Morgan fingerprint density at radius 1 is 0.447 bits per heavy atom. The number of hydrogen-bond acceptors (Lipinski definition) is 4. The summed E-state index contributed by atoms with van der Waals surface area (Å²) in [5.74, 6) is 0.571. The van der Waals surface area contributed by atoms with E-state index in [9.17, 15) is 0 Å². The smallest absolute Gasteiger partial charge is 0.294 e. The Kier molecular flexibility index (Phi) is 6.30. The minimum Gasteiger partial charge on any atom is -0.294 e. The normalized spacial score (nSPS) is 11.9. The number of aromatic nitrogens is 4. The molecule has 3 heterocycles. The predicted octanol–water partition coefficient (Wildman–Crippen LogP) is 10.1. The zero-order valence-electron chi connectivity index (χ0n) is 25.3. The lowest BCUT2D eigenvalue weighted by Crippen LogP contribution is -2.24. The molecule has 0 aliphatic carbocycles. The van der Waals surface area contributed by atoms with Gasteiger partial charge in [-0.25, -0.2) is 4.98 Å². The maximum atomic E-state index is 16.8. The van der Waals surface area contributed by atoms with Gasteiger partial charge in [0.25, 0.3) is 0 Å². The molecule has 6 nitrogen and oxygen atoms in total. The van der Waals surface area contributed by atoms with Crippen molar-refractivity contribution in [3.05, 3.63) is 170 Å². The largest absolute Gasteiger partial charge is 0.321 e. The van der Waals surface area contributed by atoms with Crippen LogP contribution < -0.4 is 10.3 Å². The lowest BCUT2D eigenvalue weighted by atomic mass is 10.2. The Balaban J connectivity index is 1.42. The van der Waals surface area contributed by atoms with Gasteiger partial charge < -0.3 is 0 Å². The highest BCUT2D eigenvalue weighted by Gasteiger charge is 2.38. The zero-order chi connectivity index (χ0) is 31.4. The van der Waals surface area contributed by atoms with Crippen molar-refractivity contribution in [1.82, 2.24) is 18.6 Å². The van der Waals surface area contributed by atoms with Crippen LogP contribution in [0.1, 0.15) is 0 Å². The number of nitrogens with zero attached hydrogens (tertiary/aromatic N) is 5. The van der Waals surface area contributed by atoms with E-state index >= 15 is 4.57 Å². The number of anilines is 3. The minimum absolute atomic E-state index is 0.380. The first-order chi connectivity index (χ1) is 23.2. The van der Waals surface area contributed by atoms with Crippen molar-refractivity contribution in [3.63, 3.8) is 0 Å². The molecule has 7 heteroatoms. The summed E-state index contributed by atoms with van der Waals surface area (Å²) in [7, 11) is -3.88. The second-order valence-corrected chi connectivity index (χ2v) is 13.8. The third kappa shape index (κ3) is 4.16. The first-order valence-corrected chi connectivity index (χ1v) is 17.2. The monoisotopic (exact) mass is 625 g/mol. The predicted molar refractivity (Wildman–Crippen MR) is 194 cm³/mol. The van der Waals surface area contributed by atoms with Crippen LogP contribution in [-0.4, -0.2) is 18.6 Å². The van der Waals surface area contributed by atoms with Gasteiger partial charge in [0.1, 0.15) is 0 Å². The standard InChI is InChI=1S/C40H28N5OP/c46-47(44-35-23-11-7-19-31(35)32-20-8-12-24-36(32)44,45-37-25-13-9-21-33(37)34-22-10-14-26-38(34)45)40-28-41-27-39(42-40)43(29-15-3-1-4-16-29)30-17-5-2-6-18-30/h1-28H. The van der Waals surface area contributed by atoms with Crippen molar-refractivity contribution in [3.8, 4) is 0 Å². The zero-order valence-corrected chi connectivity index (χ0v) is 26.2. The number of rotatable bonds is 6. The van der Waals surface area contributed by atoms with Crippen molar-refractivity contribution in [2.75, 3.05) is 4.90 Å². The molecule has 0 atom stereocenters. The summed E-state index contributed by atoms with van der Waals surface area (Å²) >= 11 is 0. The molecule has 0 fully saturated rings. The van der Waals surface area contributed by atoms with Gasteiger partial charge in [0.2, 0.25) is 0 Å². The molecule has 3 aromatic heterocycles. The quantitative estimate of drug-likeness (QED) is 0.173. The fourth-order valence-electron chi connectivity index (χ4n) is 6.84. The highest BCUT2D eigenvalue weighted by molar-refractivity contribution is 7.69. The van der Waals surface area contributed by atoms with Crippen LogP contribution in [-0.2, 0) is 4.57 Å². The third-order valence-corrected chi connectivity index (χ3v) is 11.6. The topological polar surface area (TPSA) is 56.0 Å². The van der Waals surface area contributed by atoms with E-state index in [2.05, 4.69) is 29.2 Å². The SMILES string of the molecule is O=P(c1cncc(N(c2ccccc2)c2ccccc2)n1)(n1c2ccccc2c2ccccc21)n1c2ccccc2c2ccccc21. The lowest BCUT2D eigenvalue weighted by Gasteiger charge is -2.27. The fourth-order valence-corrected chi connectivity index (χ4v) is 9.75. The van der Waals surface area contributed by atoms with Crippen LogP contribution in [0.2, 0.25) is 0 Å². The van der Waals surface area contributed by atoms with E-state index < -0.39 is 7.44 Å². The molecule has 0 saturated carbocycles. The Bertz CT molecular complexity index is 2360. The van der Waals surface area contributed by atoms with Gasteiger partial charge in [0, 0.05) is 32.9 Å². The van der Waals surface area contributed by atoms with Crippen molar-refractivity contribution >= 4 is 73.7 Å². The van der Waals surface area contributed by atoms with Gasteiger partial charge in [0.05, 0.1) is 34.5 Å². The van der Waals surface area contributed by atoms with Gasteiger partial charge >= 0.3 is 7.44 Å². The number of para-hydroxylation sites is 6. The van der Waals surface area contributed by atoms with Crippen molar-refractivity contribution in [1.29, 1.82) is 0 Å².